The monoisotopic (exact) mass is 533 g/mol. The second-order valence-corrected chi connectivity index (χ2v) is 14.3. The van der Waals surface area contributed by atoms with Gasteiger partial charge in [0.25, 0.3) is 0 Å². The van der Waals surface area contributed by atoms with Crippen LogP contribution in [0.5, 0.6) is 0 Å². The number of hydrogen-bond donors (Lipinski definition) is 1. The van der Waals surface area contributed by atoms with E-state index < -0.39 is 14.6 Å². The molecule has 1 fully saturated rings. The van der Waals surface area contributed by atoms with Crippen molar-refractivity contribution < 1.29 is 8.42 Å². The molecular weight excluding hydrogens is 494 g/mol. The Kier molecular flexibility index (Phi) is 7.47. The van der Waals surface area contributed by atoms with Crippen molar-refractivity contribution in [3.63, 3.8) is 0 Å². The van der Waals surface area contributed by atoms with Crippen LogP contribution >= 0.6 is 0 Å². The van der Waals surface area contributed by atoms with Gasteiger partial charge in [0.05, 0.1) is 16.2 Å². The first-order valence-electron chi connectivity index (χ1n) is 13.6. The fraction of sp³-hybridized carbons (Fsp3) is 0.467. The normalized spacial score (nSPS) is 16.5. The second kappa shape index (κ2) is 10.7. The first kappa shape index (κ1) is 26.6. The predicted molar refractivity (Wildman–Crippen MR) is 155 cm³/mol. The van der Waals surface area contributed by atoms with E-state index >= 15 is 0 Å². The van der Waals surface area contributed by atoms with E-state index in [0.29, 0.717) is 12.4 Å². The van der Waals surface area contributed by atoms with Gasteiger partial charge in [-0.05, 0) is 88.0 Å². The molecule has 1 N–H and O–H groups in total. The van der Waals surface area contributed by atoms with Crippen molar-refractivity contribution in [2.45, 2.75) is 57.0 Å². The number of benzene rings is 2. The Balaban J connectivity index is 1.33. The summed E-state index contributed by atoms with van der Waals surface area (Å²) in [4.78, 5) is 14.6. The van der Waals surface area contributed by atoms with Crippen LogP contribution in [0.25, 0.3) is 0 Å². The SMILES string of the molecule is CN1CCN(c2ccc(Nc3nc4c(c(Cc5cccc(CS(=O)(=O)C(C)(C)C)c5)n3)CCC4)cc2)CC1. The Labute approximate surface area is 227 Å². The van der Waals surface area contributed by atoms with Crippen LogP contribution in [0.4, 0.5) is 17.3 Å². The molecule has 1 aliphatic carbocycles. The summed E-state index contributed by atoms with van der Waals surface area (Å²) in [6.07, 6.45) is 3.70. The van der Waals surface area contributed by atoms with Gasteiger partial charge in [0.1, 0.15) is 0 Å². The molecule has 1 aromatic heterocycles. The lowest BCUT2D eigenvalue weighted by molar-refractivity contribution is 0.313. The van der Waals surface area contributed by atoms with Gasteiger partial charge in [-0.15, -0.1) is 0 Å². The molecule has 7 nitrogen and oxygen atoms in total. The largest absolute Gasteiger partial charge is 0.369 e. The van der Waals surface area contributed by atoms with Crippen molar-refractivity contribution >= 4 is 27.2 Å². The molecule has 2 aliphatic rings. The van der Waals surface area contributed by atoms with Crippen molar-refractivity contribution in [3.8, 4) is 0 Å². The molecule has 0 atom stereocenters. The summed E-state index contributed by atoms with van der Waals surface area (Å²) in [5.41, 5.74) is 7.50. The number of hydrogen-bond acceptors (Lipinski definition) is 7. The molecule has 0 amide bonds. The molecule has 1 aliphatic heterocycles. The second-order valence-electron chi connectivity index (χ2n) is 11.6. The molecule has 202 valence electrons. The smallest absolute Gasteiger partial charge is 0.227 e. The van der Waals surface area contributed by atoms with Crippen LogP contribution in [-0.4, -0.2) is 61.3 Å². The Morgan fingerprint density at radius 2 is 1.63 bits per heavy atom. The van der Waals surface area contributed by atoms with Gasteiger partial charge in [-0.1, -0.05) is 24.3 Å². The van der Waals surface area contributed by atoms with Gasteiger partial charge in [-0.25, -0.2) is 18.4 Å². The van der Waals surface area contributed by atoms with E-state index in [9.17, 15) is 8.42 Å². The average Bonchev–Trinajstić information content (AvgIpc) is 3.33. The zero-order chi connectivity index (χ0) is 26.9. The zero-order valence-electron chi connectivity index (χ0n) is 23.0. The number of likely N-dealkylation sites (N-methyl/N-ethyl adjacent to an activating group) is 1. The lowest BCUT2D eigenvalue weighted by Crippen LogP contribution is -2.44. The highest BCUT2D eigenvalue weighted by atomic mass is 32.2. The Hall–Kier alpha value is -2.97. The minimum Gasteiger partial charge on any atom is -0.369 e. The number of rotatable bonds is 7. The van der Waals surface area contributed by atoms with Crippen molar-refractivity contribution in [2.24, 2.45) is 0 Å². The Bertz CT molecular complexity index is 1390. The molecule has 0 bridgehead atoms. The van der Waals surface area contributed by atoms with Crippen molar-refractivity contribution in [1.82, 2.24) is 14.9 Å². The van der Waals surface area contributed by atoms with Gasteiger partial charge in [-0.2, -0.15) is 0 Å². The van der Waals surface area contributed by atoms with E-state index in [4.69, 9.17) is 9.97 Å². The van der Waals surface area contributed by atoms with Crippen LogP contribution in [0.3, 0.4) is 0 Å². The third-order valence-corrected chi connectivity index (χ3v) is 10.2. The topological polar surface area (TPSA) is 78.4 Å². The molecule has 2 heterocycles. The van der Waals surface area contributed by atoms with Crippen LogP contribution in [0.1, 0.15) is 55.3 Å². The number of nitrogens with zero attached hydrogens (tertiary/aromatic N) is 4. The van der Waals surface area contributed by atoms with Gasteiger partial charge in [0, 0.05) is 49.7 Å². The van der Waals surface area contributed by atoms with E-state index in [2.05, 4.69) is 52.5 Å². The minimum atomic E-state index is -3.24. The first-order valence-corrected chi connectivity index (χ1v) is 15.2. The molecule has 8 heteroatoms. The molecule has 1 saturated heterocycles. The molecule has 0 saturated carbocycles. The van der Waals surface area contributed by atoms with Gasteiger partial charge in [0.15, 0.2) is 9.84 Å². The molecular formula is C30H39N5O2S. The number of piperazine rings is 1. The highest BCUT2D eigenvalue weighted by Crippen LogP contribution is 2.28. The van der Waals surface area contributed by atoms with Gasteiger partial charge >= 0.3 is 0 Å². The average molecular weight is 534 g/mol. The van der Waals surface area contributed by atoms with E-state index in [1.165, 1.54) is 11.3 Å². The number of anilines is 3. The summed E-state index contributed by atoms with van der Waals surface area (Å²) in [7, 11) is -1.07. The highest BCUT2D eigenvalue weighted by Gasteiger charge is 2.29. The summed E-state index contributed by atoms with van der Waals surface area (Å²) in [6.45, 7) is 9.52. The Morgan fingerprint density at radius 1 is 0.921 bits per heavy atom. The minimum absolute atomic E-state index is 0.0448. The van der Waals surface area contributed by atoms with Crippen molar-refractivity contribution in [2.75, 3.05) is 43.4 Å². The predicted octanol–water partition coefficient (Wildman–Crippen LogP) is 4.76. The maximum Gasteiger partial charge on any atom is 0.227 e. The molecule has 0 radical (unpaired) electrons. The number of aromatic nitrogens is 2. The van der Waals surface area contributed by atoms with E-state index in [-0.39, 0.29) is 5.75 Å². The Morgan fingerprint density at radius 3 is 2.34 bits per heavy atom. The van der Waals surface area contributed by atoms with Crippen LogP contribution in [-0.2, 0) is 34.9 Å². The number of aryl methyl sites for hydroxylation is 1. The van der Waals surface area contributed by atoms with Crippen LogP contribution < -0.4 is 10.2 Å². The van der Waals surface area contributed by atoms with Crippen LogP contribution in [0.2, 0.25) is 0 Å². The van der Waals surface area contributed by atoms with Gasteiger partial charge < -0.3 is 15.1 Å². The van der Waals surface area contributed by atoms with Crippen molar-refractivity contribution in [1.29, 1.82) is 0 Å². The summed E-state index contributed by atoms with van der Waals surface area (Å²) in [5, 5.41) is 3.43. The summed E-state index contributed by atoms with van der Waals surface area (Å²) in [5.74, 6) is 0.669. The van der Waals surface area contributed by atoms with E-state index in [0.717, 1.165) is 73.6 Å². The molecule has 5 rings (SSSR count). The quantitative estimate of drug-likeness (QED) is 0.469. The lowest BCUT2D eigenvalue weighted by Gasteiger charge is -2.34. The number of fused-ring (bicyclic) bond motifs is 1. The summed E-state index contributed by atoms with van der Waals surface area (Å²) in [6, 6.07) is 16.4. The zero-order valence-corrected chi connectivity index (χ0v) is 23.8. The highest BCUT2D eigenvalue weighted by molar-refractivity contribution is 7.91. The maximum atomic E-state index is 12.8. The van der Waals surface area contributed by atoms with Gasteiger partial charge in [0.2, 0.25) is 5.95 Å². The number of nitrogens with one attached hydrogen (secondary N) is 1. The molecule has 38 heavy (non-hydrogen) atoms. The third-order valence-electron chi connectivity index (χ3n) is 7.66. The summed E-state index contributed by atoms with van der Waals surface area (Å²) >= 11 is 0. The van der Waals surface area contributed by atoms with Crippen LogP contribution in [0, 0.1) is 0 Å². The summed E-state index contributed by atoms with van der Waals surface area (Å²) < 4.78 is 24.7. The molecule has 0 unspecified atom stereocenters. The first-order chi connectivity index (χ1) is 18.1. The van der Waals surface area contributed by atoms with Crippen LogP contribution in [0.15, 0.2) is 48.5 Å². The van der Waals surface area contributed by atoms with Gasteiger partial charge in [-0.3, -0.25) is 0 Å². The maximum absolute atomic E-state index is 12.8. The standard InChI is InChI=1S/C30H39N5O2S/c1-30(2,3)38(36,37)21-23-8-5-7-22(19-23)20-28-26-9-6-10-27(26)32-29(33-28)31-24-11-13-25(14-12-24)35-17-15-34(4)16-18-35/h5,7-8,11-14,19H,6,9-10,15-18,20-21H2,1-4H3,(H,31,32,33). The van der Waals surface area contributed by atoms with E-state index in [1.807, 2.05) is 18.2 Å². The van der Waals surface area contributed by atoms with E-state index in [1.54, 1.807) is 20.8 Å². The van der Waals surface area contributed by atoms with Crippen molar-refractivity contribution in [3.05, 3.63) is 76.6 Å². The fourth-order valence-electron chi connectivity index (χ4n) is 5.12. The number of sulfone groups is 1. The third kappa shape index (κ3) is 6.02. The molecule has 2 aromatic carbocycles. The molecule has 3 aromatic rings. The fourth-order valence-corrected chi connectivity index (χ4v) is 6.17. The lowest BCUT2D eigenvalue weighted by atomic mass is 10.0. The molecule has 0 spiro atoms.